The number of benzene rings is 1. The smallest absolute Gasteiger partial charge is 0.271 e. The van der Waals surface area contributed by atoms with Crippen molar-refractivity contribution < 1.29 is 24.2 Å². The van der Waals surface area contributed by atoms with Crippen LogP contribution in [0.3, 0.4) is 0 Å². The van der Waals surface area contributed by atoms with Gasteiger partial charge in [0.05, 0.1) is 25.3 Å². The number of amides is 2. The molecule has 0 aliphatic heterocycles. The molecule has 0 fully saturated rings. The quantitative estimate of drug-likeness (QED) is 0.427. The van der Waals surface area contributed by atoms with Crippen molar-refractivity contribution in [3.05, 3.63) is 28.8 Å². The van der Waals surface area contributed by atoms with Crippen molar-refractivity contribution in [1.82, 2.24) is 10.3 Å². The highest BCUT2D eigenvalue weighted by atomic mass is 35.5. The van der Waals surface area contributed by atoms with Crippen molar-refractivity contribution in [3.8, 4) is 17.2 Å². The number of phenols is 1. The molecule has 1 aromatic heterocycles. The Morgan fingerprint density at radius 2 is 1.69 bits per heavy atom. The number of carbonyl (C=O) groups is 2. The molecule has 5 N–H and O–H groups in total. The molecule has 0 saturated heterocycles. The van der Waals surface area contributed by atoms with Gasteiger partial charge in [0.25, 0.3) is 11.8 Å². The standard InChI is InChI=1S/C21H30N4O5S.ClH/c1-11(2)21(10-22,12(3)4)25-19(28)14-9-31-20(23-14)24-18(27)13-7-16(29-5)17(30-6)8-15(13)26;/h7-9,11-12,26H,10,22H2,1-6H3,(H,25,28)(H,23,24,27);1H. The summed E-state index contributed by atoms with van der Waals surface area (Å²) < 4.78 is 10.3. The third-order valence-corrected chi connectivity index (χ3v) is 6.21. The number of phenolic OH excluding ortho intramolecular Hbond substituents is 1. The fourth-order valence-electron chi connectivity index (χ4n) is 3.40. The zero-order valence-electron chi connectivity index (χ0n) is 19.0. The van der Waals surface area contributed by atoms with Gasteiger partial charge in [-0.1, -0.05) is 27.7 Å². The average molecular weight is 487 g/mol. The fraction of sp³-hybridized carbons (Fsp3) is 0.476. The van der Waals surface area contributed by atoms with Crippen LogP contribution in [0.1, 0.15) is 48.5 Å². The molecule has 9 nitrogen and oxygen atoms in total. The first-order chi connectivity index (χ1) is 14.6. The number of nitrogens with one attached hydrogen (secondary N) is 2. The maximum absolute atomic E-state index is 12.8. The van der Waals surface area contributed by atoms with Crippen molar-refractivity contribution >= 4 is 40.7 Å². The number of halogens is 1. The number of aromatic nitrogens is 1. The van der Waals surface area contributed by atoms with Crippen LogP contribution in [0.25, 0.3) is 0 Å². The number of anilines is 1. The number of hydrogen-bond donors (Lipinski definition) is 4. The van der Waals surface area contributed by atoms with Crippen molar-refractivity contribution in [2.24, 2.45) is 17.6 Å². The highest BCUT2D eigenvalue weighted by molar-refractivity contribution is 7.14. The molecule has 0 saturated carbocycles. The monoisotopic (exact) mass is 486 g/mol. The van der Waals surface area contributed by atoms with E-state index in [9.17, 15) is 14.7 Å². The SMILES string of the molecule is COc1cc(O)c(C(=O)Nc2nc(C(=O)NC(CN)(C(C)C)C(C)C)cs2)cc1OC.Cl. The molecule has 2 aromatic rings. The fourth-order valence-corrected chi connectivity index (χ4v) is 4.09. The molecule has 0 bridgehead atoms. The van der Waals surface area contributed by atoms with E-state index in [0.717, 1.165) is 11.3 Å². The van der Waals surface area contributed by atoms with Crippen LogP contribution >= 0.6 is 23.7 Å². The number of aromatic hydroxyl groups is 1. The predicted octanol–water partition coefficient (Wildman–Crippen LogP) is 3.28. The molecule has 178 valence electrons. The lowest BCUT2D eigenvalue weighted by atomic mass is 9.77. The minimum absolute atomic E-state index is 0. The van der Waals surface area contributed by atoms with Crippen molar-refractivity contribution in [1.29, 1.82) is 0 Å². The zero-order valence-corrected chi connectivity index (χ0v) is 20.6. The molecule has 0 spiro atoms. The summed E-state index contributed by atoms with van der Waals surface area (Å²) in [4.78, 5) is 29.6. The highest BCUT2D eigenvalue weighted by Crippen LogP contribution is 2.34. The van der Waals surface area contributed by atoms with Gasteiger partial charge in [0.2, 0.25) is 0 Å². The largest absolute Gasteiger partial charge is 0.507 e. The summed E-state index contributed by atoms with van der Waals surface area (Å²) in [6.45, 7) is 8.33. The molecule has 0 aliphatic carbocycles. The first-order valence-electron chi connectivity index (χ1n) is 9.84. The number of rotatable bonds is 9. The number of nitrogens with zero attached hydrogens (tertiary/aromatic N) is 1. The summed E-state index contributed by atoms with van der Waals surface area (Å²) in [5.41, 5.74) is 5.59. The lowest BCUT2D eigenvalue weighted by Gasteiger charge is -2.41. The van der Waals surface area contributed by atoms with Gasteiger partial charge < -0.3 is 25.6 Å². The topological polar surface area (TPSA) is 136 Å². The lowest BCUT2D eigenvalue weighted by Crippen LogP contribution is -2.60. The van der Waals surface area contributed by atoms with E-state index in [1.807, 2.05) is 27.7 Å². The molecule has 11 heteroatoms. The van der Waals surface area contributed by atoms with E-state index >= 15 is 0 Å². The Balaban J connectivity index is 0.00000512. The number of carbonyl (C=O) groups excluding carboxylic acids is 2. The van der Waals surface area contributed by atoms with Gasteiger partial charge in [-0.3, -0.25) is 14.9 Å². The number of ether oxygens (including phenoxy) is 2. The summed E-state index contributed by atoms with van der Waals surface area (Å²) >= 11 is 1.10. The van der Waals surface area contributed by atoms with Crippen LogP contribution in [0.5, 0.6) is 17.2 Å². The molecule has 1 heterocycles. The van der Waals surface area contributed by atoms with Crippen LogP contribution in [0.2, 0.25) is 0 Å². The van der Waals surface area contributed by atoms with Gasteiger partial charge in [0, 0.05) is 24.1 Å². The summed E-state index contributed by atoms with van der Waals surface area (Å²) in [5.74, 6) is -0.404. The van der Waals surface area contributed by atoms with E-state index < -0.39 is 11.4 Å². The maximum Gasteiger partial charge on any atom is 0.271 e. The Labute approximate surface area is 198 Å². The van der Waals surface area contributed by atoms with Gasteiger partial charge >= 0.3 is 0 Å². The number of methoxy groups -OCH3 is 2. The van der Waals surface area contributed by atoms with E-state index in [1.165, 1.54) is 26.4 Å². The van der Waals surface area contributed by atoms with Gasteiger partial charge in [-0.15, -0.1) is 23.7 Å². The van der Waals surface area contributed by atoms with Crippen LogP contribution in [0.4, 0.5) is 5.13 Å². The Bertz CT molecular complexity index is 940. The van der Waals surface area contributed by atoms with Gasteiger partial charge in [0.1, 0.15) is 11.4 Å². The van der Waals surface area contributed by atoms with E-state index in [4.69, 9.17) is 15.2 Å². The highest BCUT2D eigenvalue weighted by Gasteiger charge is 2.38. The van der Waals surface area contributed by atoms with Crippen LogP contribution in [-0.4, -0.2) is 48.2 Å². The van der Waals surface area contributed by atoms with Gasteiger partial charge in [-0.2, -0.15) is 0 Å². The van der Waals surface area contributed by atoms with Crippen LogP contribution in [-0.2, 0) is 0 Å². The van der Waals surface area contributed by atoms with Crippen molar-refractivity contribution in [2.75, 3.05) is 26.1 Å². The predicted molar refractivity (Wildman–Crippen MR) is 127 cm³/mol. The summed E-state index contributed by atoms with van der Waals surface area (Å²) in [6.07, 6.45) is 0. The van der Waals surface area contributed by atoms with Crippen LogP contribution < -0.4 is 25.8 Å². The van der Waals surface area contributed by atoms with Crippen molar-refractivity contribution in [3.63, 3.8) is 0 Å². The van der Waals surface area contributed by atoms with Crippen LogP contribution in [0, 0.1) is 11.8 Å². The molecular formula is C21H31ClN4O5S. The molecule has 0 atom stereocenters. The molecule has 0 unspecified atom stereocenters. The Kier molecular flexibility index (Phi) is 9.74. The Morgan fingerprint density at radius 3 is 2.19 bits per heavy atom. The first kappa shape index (κ1) is 27.5. The third-order valence-electron chi connectivity index (χ3n) is 5.45. The second-order valence-electron chi connectivity index (χ2n) is 7.72. The number of hydrogen-bond acceptors (Lipinski definition) is 8. The van der Waals surface area contributed by atoms with E-state index in [0.29, 0.717) is 18.0 Å². The maximum atomic E-state index is 12.8. The summed E-state index contributed by atoms with van der Waals surface area (Å²) in [6, 6.07) is 2.66. The second-order valence-corrected chi connectivity index (χ2v) is 8.58. The molecule has 2 rings (SSSR count). The van der Waals surface area contributed by atoms with E-state index in [1.54, 1.807) is 5.38 Å². The van der Waals surface area contributed by atoms with Gasteiger partial charge in [-0.25, -0.2) is 4.98 Å². The Hall–Kier alpha value is -2.56. The van der Waals surface area contributed by atoms with E-state index in [2.05, 4.69) is 15.6 Å². The lowest BCUT2D eigenvalue weighted by molar-refractivity contribution is 0.0808. The first-order valence-corrected chi connectivity index (χ1v) is 10.7. The van der Waals surface area contributed by atoms with Crippen LogP contribution in [0.15, 0.2) is 17.5 Å². The molecular weight excluding hydrogens is 456 g/mol. The Morgan fingerprint density at radius 1 is 1.12 bits per heavy atom. The second kappa shape index (κ2) is 11.3. The minimum atomic E-state index is -0.597. The number of thiazole rings is 1. The van der Waals surface area contributed by atoms with Crippen molar-refractivity contribution in [2.45, 2.75) is 33.2 Å². The minimum Gasteiger partial charge on any atom is -0.507 e. The molecule has 0 radical (unpaired) electrons. The summed E-state index contributed by atoms with van der Waals surface area (Å²) in [7, 11) is 2.86. The van der Waals surface area contributed by atoms with Gasteiger partial charge in [-0.05, 0) is 11.8 Å². The normalized spacial score (nSPS) is 11.2. The van der Waals surface area contributed by atoms with Gasteiger partial charge in [0.15, 0.2) is 16.6 Å². The molecule has 0 aliphatic rings. The van der Waals surface area contributed by atoms with E-state index in [-0.39, 0.29) is 52.3 Å². The summed E-state index contributed by atoms with van der Waals surface area (Å²) in [5, 5.41) is 17.6. The zero-order chi connectivity index (χ0) is 23.3. The third kappa shape index (κ3) is 5.62. The molecule has 1 aromatic carbocycles. The number of nitrogens with two attached hydrogens (primary N) is 1. The molecule has 2 amide bonds. The average Bonchev–Trinajstić information content (AvgIpc) is 3.19. The molecule has 32 heavy (non-hydrogen) atoms.